The van der Waals surface area contributed by atoms with E-state index in [0.29, 0.717) is 6.42 Å². The smallest absolute Gasteiger partial charge is 0.326 e. The van der Waals surface area contributed by atoms with Gasteiger partial charge in [-0.3, -0.25) is 0 Å². The first-order chi connectivity index (χ1) is 6.26. The van der Waals surface area contributed by atoms with Gasteiger partial charge >= 0.3 is 12.0 Å². The summed E-state index contributed by atoms with van der Waals surface area (Å²) in [5.74, 6) is -1.02. The largest absolute Gasteiger partial charge is 0.480 e. The van der Waals surface area contributed by atoms with E-state index in [2.05, 4.69) is 10.6 Å². The molecule has 0 bridgehead atoms. The molecule has 0 spiro atoms. The Morgan fingerprint density at radius 3 is 2.14 bits per heavy atom. The first-order valence-corrected chi connectivity index (χ1v) is 4.57. The molecule has 0 unspecified atom stereocenters. The molecule has 0 saturated carbocycles. The van der Waals surface area contributed by atoms with Crippen LogP contribution in [0.2, 0.25) is 0 Å². The molecule has 0 aromatic carbocycles. The van der Waals surface area contributed by atoms with E-state index in [1.807, 2.05) is 20.8 Å². The zero-order valence-corrected chi connectivity index (χ0v) is 9.05. The minimum atomic E-state index is -1.02. The van der Waals surface area contributed by atoms with Crippen molar-refractivity contribution in [2.24, 2.45) is 0 Å². The summed E-state index contributed by atoms with van der Waals surface area (Å²) in [5.41, 5.74) is -0.360. The Morgan fingerprint density at radius 2 is 1.86 bits per heavy atom. The van der Waals surface area contributed by atoms with Crippen LogP contribution in [0.1, 0.15) is 34.1 Å². The maximum atomic E-state index is 11.2. The van der Waals surface area contributed by atoms with Gasteiger partial charge in [0, 0.05) is 5.54 Å². The van der Waals surface area contributed by atoms with Gasteiger partial charge in [0.25, 0.3) is 0 Å². The molecule has 0 aromatic rings. The lowest BCUT2D eigenvalue weighted by atomic mass is 10.1. The fraction of sp³-hybridized carbons (Fsp3) is 0.778. The molecule has 14 heavy (non-hydrogen) atoms. The molecule has 3 N–H and O–H groups in total. The highest BCUT2D eigenvalue weighted by atomic mass is 16.4. The van der Waals surface area contributed by atoms with Crippen LogP contribution in [0.5, 0.6) is 0 Å². The summed E-state index contributed by atoms with van der Waals surface area (Å²) >= 11 is 0. The number of amides is 2. The Hall–Kier alpha value is -1.26. The third kappa shape index (κ3) is 5.40. The van der Waals surface area contributed by atoms with Crippen molar-refractivity contribution in [3.63, 3.8) is 0 Å². The van der Waals surface area contributed by atoms with Crippen LogP contribution in [-0.2, 0) is 4.79 Å². The van der Waals surface area contributed by atoms with E-state index in [9.17, 15) is 9.59 Å². The monoisotopic (exact) mass is 202 g/mol. The predicted octanol–water partition coefficient (Wildman–Crippen LogP) is 0.947. The quantitative estimate of drug-likeness (QED) is 0.637. The van der Waals surface area contributed by atoms with Gasteiger partial charge in [-0.05, 0) is 27.2 Å². The van der Waals surface area contributed by atoms with Crippen LogP contribution in [0, 0.1) is 0 Å². The number of carbonyl (C=O) groups excluding carboxylic acids is 1. The summed E-state index contributed by atoms with van der Waals surface area (Å²) in [7, 11) is 0. The van der Waals surface area contributed by atoms with Crippen LogP contribution in [0.15, 0.2) is 0 Å². The minimum Gasteiger partial charge on any atom is -0.480 e. The van der Waals surface area contributed by atoms with Crippen LogP contribution in [-0.4, -0.2) is 28.7 Å². The molecule has 0 aliphatic rings. The van der Waals surface area contributed by atoms with Crippen molar-refractivity contribution in [1.29, 1.82) is 0 Å². The Kier molecular flexibility index (Phi) is 4.40. The number of urea groups is 1. The summed E-state index contributed by atoms with van der Waals surface area (Å²) in [6.45, 7) is 7.19. The molecule has 0 aromatic heterocycles. The zero-order chi connectivity index (χ0) is 11.4. The van der Waals surface area contributed by atoms with Crippen LogP contribution < -0.4 is 10.6 Å². The lowest BCUT2D eigenvalue weighted by Gasteiger charge is -2.22. The van der Waals surface area contributed by atoms with Gasteiger partial charge in [0.2, 0.25) is 0 Å². The number of hydrogen-bond donors (Lipinski definition) is 3. The molecule has 0 radical (unpaired) electrons. The number of nitrogens with one attached hydrogen (secondary N) is 2. The van der Waals surface area contributed by atoms with Gasteiger partial charge in [-0.1, -0.05) is 6.92 Å². The van der Waals surface area contributed by atoms with E-state index in [4.69, 9.17) is 5.11 Å². The van der Waals surface area contributed by atoms with Crippen molar-refractivity contribution in [3.8, 4) is 0 Å². The van der Waals surface area contributed by atoms with Crippen LogP contribution in [0.25, 0.3) is 0 Å². The Labute approximate surface area is 83.9 Å². The maximum absolute atomic E-state index is 11.2. The molecule has 5 heteroatoms. The Morgan fingerprint density at radius 1 is 1.36 bits per heavy atom. The summed E-state index contributed by atoms with van der Waals surface area (Å²) in [6.07, 6.45) is 0.368. The number of rotatable bonds is 3. The molecule has 5 nitrogen and oxygen atoms in total. The topological polar surface area (TPSA) is 78.4 Å². The minimum absolute atomic E-state index is 0.360. The van der Waals surface area contributed by atoms with Crippen molar-refractivity contribution < 1.29 is 14.7 Å². The summed E-state index contributed by atoms with van der Waals surface area (Å²) < 4.78 is 0. The van der Waals surface area contributed by atoms with Gasteiger partial charge in [-0.2, -0.15) is 0 Å². The third-order valence-electron chi connectivity index (χ3n) is 1.50. The number of carboxylic acids is 1. The lowest BCUT2D eigenvalue weighted by Crippen LogP contribution is -2.51. The van der Waals surface area contributed by atoms with Crippen molar-refractivity contribution in [2.75, 3.05) is 0 Å². The maximum Gasteiger partial charge on any atom is 0.326 e. The van der Waals surface area contributed by atoms with Crippen molar-refractivity contribution in [1.82, 2.24) is 10.6 Å². The fourth-order valence-electron chi connectivity index (χ4n) is 0.873. The second-order valence-electron chi connectivity index (χ2n) is 4.15. The molecule has 1 atom stereocenters. The Balaban J connectivity index is 4.11. The molecular weight excluding hydrogens is 184 g/mol. The summed E-state index contributed by atoms with van der Waals surface area (Å²) in [4.78, 5) is 21.8. The number of hydrogen-bond acceptors (Lipinski definition) is 2. The summed E-state index contributed by atoms with van der Waals surface area (Å²) in [5, 5.41) is 13.7. The van der Waals surface area contributed by atoms with E-state index in [-0.39, 0.29) is 5.54 Å². The molecular formula is C9H18N2O3. The highest BCUT2D eigenvalue weighted by Gasteiger charge is 2.20. The number of aliphatic carboxylic acids is 1. The van der Waals surface area contributed by atoms with Crippen LogP contribution in [0.4, 0.5) is 4.79 Å². The second kappa shape index (κ2) is 4.83. The average Bonchev–Trinajstić information content (AvgIpc) is 1.96. The van der Waals surface area contributed by atoms with E-state index in [0.717, 1.165) is 0 Å². The predicted molar refractivity (Wildman–Crippen MR) is 53.1 cm³/mol. The van der Waals surface area contributed by atoms with Gasteiger partial charge in [0.15, 0.2) is 0 Å². The third-order valence-corrected chi connectivity index (χ3v) is 1.50. The van der Waals surface area contributed by atoms with Crippen LogP contribution >= 0.6 is 0 Å². The van der Waals surface area contributed by atoms with Gasteiger partial charge in [-0.25, -0.2) is 9.59 Å². The summed E-state index contributed by atoms with van der Waals surface area (Å²) in [6, 6.07) is -1.27. The van der Waals surface area contributed by atoms with Gasteiger partial charge in [0.05, 0.1) is 0 Å². The molecule has 2 amide bonds. The molecule has 0 aliphatic carbocycles. The lowest BCUT2D eigenvalue weighted by molar-refractivity contribution is -0.139. The van der Waals surface area contributed by atoms with E-state index in [1.54, 1.807) is 6.92 Å². The van der Waals surface area contributed by atoms with Crippen molar-refractivity contribution >= 4 is 12.0 Å². The van der Waals surface area contributed by atoms with E-state index >= 15 is 0 Å². The number of carboxylic acid groups (broad SMARTS) is 1. The fourth-order valence-corrected chi connectivity index (χ4v) is 0.873. The van der Waals surface area contributed by atoms with E-state index in [1.165, 1.54) is 0 Å². The van der Waals surface area contributed by atoms with Crippen molar-refractivity contribution in [3.05, 3.63) is 0 Å². The molecule has 0 rings (SSSR count). The van der Waals surface area contributed by atoms with Gasteiger partial charge in [0.1, 0.15) is 6.04 Å². The number of carbonyl (C=O) groups is 2. The van der Waals surface area contributed by atoms with Gasteiger partial charge in [-0.15, -0.1) is 0 Å². The molecule has 0 saturated heterocycles. The molecule has 82 valence electrons. The standard InChI is InChI=1S/C9H18N2O3/c1-5-6(7(12)13)10-8(14)11-9(2,3)4/h6H,5H2,1-4H3,(H,12,13)(H2,10,11,14)/t6-/m1/s1. The molecule has 0 fully saturated rings. The van der Waals surface area contributed by atoms with Gasteiger partial charge < -0.3 is 15.7 Å². The highest BCUT2D eigenvalue weighted by molar-refractivity contribution is 5.82. The molecule has 0 aliphatic heterocycles. The Bertz CT molecular complexity index is 221. The second-order valence-corrected chi connectivity index (χ2v) is 4.15. The van der Waals surface area contributed by atoms with E-state index < -0.39 is 18.0 Å². The highest BCUT2D eigenvalue weighted by Crippen LogP contribution is 1.98. The first kappa shape index (κ1) is 12.7. The van der Waals surface area contributed by atoms with Crippen molar-refractivity contribution in [2.45, 2.75) is 45.7 Å². The SMILES string of the molecule is CC[C@@H](NC(=O)NC(C)(C)C)C(=O)O. The molecule has 0 heterocycles. The van der Waals surface area contributed by atoms with Crippen LogP contribution in [0.3, 0.4) is 0 Å². The average molecular weight is 202 g/mol. The zero-order valence-electron chi connectivity index (χ0n) is 9.05. The normalized spacial score (nSPS) is 13.1. The first-order valence-electron chi connectivity index (χ1n) is 4.57.